The molecule has 6 nitrogen and oxygen atoms in total. The summed E-state index contributed by atoms with van der Waals surface area (Å²) in [4.78, 5) is 22.6. The molecule has 1 rings (SSSR count). The number of anilines is 2. The van der Waals surface area contributed by atoms with Gasteiger partial charge in [0.2, 0.25) is 0 Å². The van der Waals surface area contributed by atoms with Gasteiger partial charge in [0, 0.05) is 23.5 Å². The van der Waals surface area contributed by atoms with Gasteiger partial charge in [-0.3, -0.25) is 0 Å². The molecule has 0 amide bonds. The number of hydrogen-bond acceptors (Lipinski definition) is 6. The highest BCUT2D eigenvalue weighted by Gasteiger charge is 2.04. The van der Waals surface area contributed by atoms with Crippen LogP contribution in [0.3, 0.4) is 0 Å². The van der Waals surface area contributed by atoms with Crippen molar-refractivity contribution in [1.29, 1.82) is 0 Å². The number of hydrogen-bond donors (Lipinski definition) is 2. The van der Waals surface area contributed by atoms with Crippen molar-refractivity contribution in [3.8, 4) is 0 Å². The predicted octanol–water partition coefficient (Wildman–Crippen LogP) is 2.00. The Labute approximate surface area is 129 Å². The third-order valence-corrected chi connectivity index (χ3v) is 2.66. The van der Waals surface area contributed by atoms with Gasteiger partial charge in [-0.25, -0.2) is 9.59 Å². The van der Waals surface area contributed by atoms with Crippen LogP contribution in [-0.2, 0) is 19.1 Å². The van der Waals surface area contributed by atoms with Crippen molar-refractivity contribution in [2.75, 3.05) is 24.7 Å². The van der Waals surface area contributed by atoms with Gasteiger partial charge in [-0.1, -0.05) is 0 Å². The lowest BCUT2D eigenvalue weighted by molar-refractivity contribution is -0.138. The predicted molar refractivity (Wildman–Crippen MR) is 86.6 cm³/mol. The van der Waals surface area contributed by atoms with Crippen LogP contribution in [0.15, 0.2) is 24.3 Å². The Balaban J connectivity index is 2.99. The maximum absolute atomic E-state index is 11.3. The molecule has 0 heterocycles. The van der Waals surface area contributed by atoms with Crippen molar-refractivity contribution in [2.24, 2.45) is 0 Å². The second-order valence-electron chi connectivity index (χ2n) is 4.28. The molecule has 0 radical (unpaired) electrons. The average molecular weight is 304 g/mol. The van der Waals surface area contributed by atoms with Crippen LogP contribution in [-0.4, -0.2) is 25.2 Å². The SMILES string of the molecule is CCOC(=O)/C=C/c1cc(/C=C/C(=O)OCC)c(N)cc1N. The van der Waals surface area contributed by atoms with E-state index in [0.29, 0.717) is 35.7 Å². The highest BCUT2D eigenvalue weighted by Crippen LogP contribution is 2.23. The van der Waals surface area contributed by atoms with Crippen molar-refractivity contribution in [2.45, 2.75) is 13.8 Å². The van der Waals surface area contributed by atoms with E-state index in [2.05, 4.69) is 0 Å². The number of nitrogens with two attached hydrogens (primary N) is 2. The summed E-state index contributed by atoms with van der Waals surface area (Å²) in [5.41, 5.74) is 13.8. The van der Waals surface area contributed by atoms with Crippen LogP contribution in [0.2, 0.25) is 0 Å². The maximum atomic E-state index is 11.3. The fourth-order valence-corrected chi connectivity index (χ4v) is 1.65. The molecule has 0 aliphatic rings. The van der Waals surface area contributed by atoms with Crippen molar-refractivity contribution >= 4 is 35.5 Å². The summed E-state index contributed by atoms with van der Waals surface area (Å²) < 4.78 is 9.59. The Morgan fingerprint density at radius 2 is 1.32 bits per heavy atom. The lowest BCUT2D eigenvalue weighted by atomic mass is 10.1. The summed E-state index contributed by atoms with van der Waals surface area (Å²) >= 11 is 0. The smallest absolute Gasteiger partial charge is 0.330 e. The minimum Gasteiger partial charge on any atom is -0.463 e. The Morgan fingerprint density at radius 1 is 0.909 bits per heavy atom. The van der Waals surface area contributed by atoms with Crippen LogP contribution < -0.4 is 11.5 Å². The van der Waals surface area contributed by atoms with Crippen molar-refractivity contribution in [3.05, 3.63) is 35.4 Å². The number of rotatable bonds is 6. The number of benzene rings is 1. The van der Waals surface area contributed by atoms with Gasteiger partial charge in [0.05, 0.1) is 13.2 Å². The molecule has 0 unspecified atom stereocenters. The zero-order chi connectivity index (χ0) is 16.5. The van der Waals surface area contributed by atoms with Gasteiger partial charge in [-0.2, -0.15) is 0 Å². The Bertz CT molecular complexity index is 557. The highest BCUT2D eigenvalue weighted by molar-refractivity contribution is 5.91. The summed E-state index contributed by atoms with van der Waals surface area (Å²) in [5, 5.41) is 0. The van der Waals surface area contributed by atoms with E-state index in [9.17, 15) is 9.59 Å². The van der Waals surface area contributed by atoms with Crippen molar-refractivity contribution in [1.82, 2.24) is 0 Å². The monoisotopic (exact) mass is 304 g/mol. The summed E-state index contributed by atoms with van der Waals surface area (Å²) in [6, 6.07) is 3.24. The van der Waals surface area contributed by atoms with Crippen LogP contribution in [0.4, 0.5) is 11.4 Å². The van der Waals surface area contributed by atoms with Gasteiger partial charge in [0.1, 0.15) is 0 Å². The molecule has 1 aromatic carbocycles. The van der Waals surface area contributed by atoms with Gasteiger partial charge in [0.25, 0.3) is 0 Å². The van der Waals surface area contributed by atoms with Gasteiger partial charge >= 0.3 is 11.9 Å². The van der Waals surface area contributed by atoms with Gasteiger partial charge in [0.15, 0.2) is 0 Å². The molecule has 0 fully saturated rings. The minimum absolute atomic E-state index is 0.300. The zero-order valence-corrected chi connectivity index (χ0v) is 12.7. The van der Waals surface area contributed by atoms with Gasteiger partial charge < -0.3 is 20.9 Å². The molecule has 0 bridgehead atoms. The molecule has 0 aromatic heterocycles. The van der Waals surface area contributed by atoms with E-state index in [4.69, 9.17) is 20.9 Å². The fraction of sp³-hybridized carbons (Fsp3) is 0.250. The molecule has 0 saturated heterocycles. The summed E-state index contributed by atoms with van der Waals surface area (Å²) in [5.74, 6) is -0.912. The summed E-state index contributed by atoms with van der Waals surface area (Å²) in [7, 11) is 0. The number of carbonyl (C=O) groups excluding carboxylic acids is 2. The standard InChI is InChI=1S/C16H20N2O4/c1-3-21-15(19)7-5-11-9-12(14(18)10-13(11)17)6-8-16(20)22-4-2/h5-10H,3-4,17-18H2,1-2H3/b7-5+,8-6+. The molecule has 0 atom stereocenters. The Hall–Kier alpha value is -2.76. The first-order chi connectivity index (χ1) is 10.5. The molecule has 118 valence electrons. The first-order valence-electron chi connectivity index (χ1n) is 6.86. The van der Waals surface area contributed by atoms with E-state index in [0.717, 1.165) is 0 Å². The Morgan fingerprint density at radius 3 is 1.68 bits per heavy atom. The lowest BCUT2D eigenvalue weighted by Crippen LogP contribution is -2.01. The fourth-order valence-electron chi connectivity index (χ4n) is 1.65. The molecular formula is C16H20N2O4. The number of nitrogen functional groups attached to an aromatic ring is 2. The average Bonchev–Trinajstić information content (AvgIpc) is 2.46. The van der Waals surface area contributed by atoms with Crippen molar-refractivity contribution in [3.63, 3.8) is 0 Å². The first kappa shape index (κ1) is 17.3. The Kier molecular flexibility index (Phi) is 6.69. The summed E-state index contributed by atoms with van der Waals surface area (Å²) in [6.45, 7) is 4.05. The second-order valence-corrected chi connectivity index (χ2v) is 4.28. The van der Waals surface area contributed by atoms with Crippen LogP contribution in [0.25, 0.3) is 12.2 Å². The minimum atomic E-state index is -0.456. The lowest BCUT2D eigenvalue weighted by Gasteiger charge is -2.06. The third kappa shape index (κ3) is 5.32. The molecular weight excluding hydrogens is 284 g/mol. The zero-order valence-electron chi connectivity index (χ0n) is 12.7. The first-order valence-corrected chi connectivity index (χ1v) is 6.86. The molecule has 0 aliphatic heterocycles. The van der Waals surface area contributed by atoms with E-state index in [1.54, 1.807) is 26.0 Å². The van der Waals surface area contributed by atoms with Crippen LogP contribution >= 0.6 is 0 Å². The van der Waals surface area contributed by atoms with E-state index in [-0.39, 0.29) is 0 Å². The molecule has 0 spiro atoms. The molecule has 22 heavy (non-hydrogen) atoms. The van der Waals surface area contributed by atoms with Gasteiger partial charge in [-0.15, -0.1) is 0 Å². The van der Waals surface area contributed by atoms with E-state index >= 15 is 0 Å². The summed E-state index contributed by atoms with van der Waals surface area (Å²) in [6.07, 6.45) is 5.64. The van der Waals surface area contributed by atoms with Crippen LogP contribution in [0.1, 0.15) is 25.0 Å². The molecule has 0 aliphatic carbocycles. The maximum Gasteiger partial charge on any atom is 0.330 e. The number of carbonyl (C=O) groups is 2. The van der Waals surface area contributed by atoms with E-state index < -0.39 is 11.9 Å². The van der Waals surface area contributed by atoms with Gasteiger partial charge in [-0.05, 0) is 49.3 Å². The van der Waals surface area contributed by atoms with Crippen LogP contribution in [0, 0.1) is 0 Å². The molecule has 4 N–H and O–H groups in total. The van der Waals surface area contributed by atoms with Crippen LogP contribution in [0.5, 0.6) is 0 Å². The normalized spacial score (nSPS) is 11.0. The third-order valence-electron chi connectivity index (χ3n) is 2.66. The second kappa shape index (κ2) is 8.51. The number of ether oxygens (including phenoxy) is 2. The van der Waals surface area contributed by atoms with E-state index in [1.165, 1.54) is 24.3 Å². The number of esters is 2. The molecule has 1 aromatic rings. The van der Waals surface area contributed by atoms with Crippen molar-refractivity contribution < 1.29 is 19.1 Å². The highest BCUT2D eigenvalue weighted by atomic mass is 16.5. The molecule has 6 heteroatoms. The largest absolute Gasteiger partial charge is 0.463 e. The molecule has 0 saturated carbocycles. The quantitative estimate of drug-likeness (QED) is 0.473. The topological polar surface area (TPSA) is 105 Å². The van der Waals surface area contributed by atoms with E-state index in [1.807, 2.05) is 0 Å².